The van der Waals surface area contributed by atoms with Gasteiger partial charge in [0, 0.05) is 25.0 Å². The van der Waals surface area contributed by atoms with Crippen LogP contribution >= 0.6 is 0 Å². The van der Waals surface area contributed by atoms with E-state index < -0.39 is 0 Å². The number of likely N-dealkylation sites (tertiary alicyclic amines) is 1. The van der Waals surface area contributed by atoms with E-state index in [1.54, 1.807) is 17.0 Å². The van der Waals surface area contributed by atoms with Gasteiger partial charge < -0.3 is 10.2 Å². The molecule has 1 fully saturated rings. The number of rotatable bonds is 5. The summed E-state index contributed by atoms with van der Waals surface area (Å²) in [4.78, 5) is 26.2. The van der Waals surface area contributed by atoms with Gasteiger partial charge >= 0.3 is 0 Å². The second-order valence-corrected chi connectivity index (χ2v) is 6.28. The molecular weight excluding hydrogens is 295 g/mol. The summed E-state index contributed by atoms with van der Waals surface area (Å²) in [5, 5.41) is 3.01. The third kappa shape index (κ3) is 5.05. The van der Waals surface area contributed by atoms with Crippen molar-refractivity contribution in [2.24, 2.45) is 5.92 Å². The minimum atomic E-state index is -0.297. The molecule has 1 N–H and O–H groups in total. The highest BCUT2D eigenvalue weighted by molar-refractivity contribution is 5.81. The zero-order valence-corrected chi connectivity index (χ0v) is 13.8. The maximum atomic E-state index is 12.9. The van der Waals surface area contributed by atoms with Gasteiger partial charge in [-0.05, 0) is 43.9 Å². The number of carbonyl (C=O) groups excluding carboxylic acids is 2. The third-order valence-electron chi connectivity index (χ3n) is 4.49. The molecule has 1 aliphatic heterocycles. The molecule has 1 heterocycles. The lowest BCUT2D eigenvalue weighted by Gasteiger charge is -2.32. The van der Waals surface area contributed by atoms with Gasteiger partial charge in [-0.3, -0.25) is 9.59 Å². The SMILES string of the molecule is CCC(C)NC(=O)C1CCN(C(=O)Cc2ccc(F)cc2)CC1. The van der Waals surface area contributed by atoms with Gasteiger partial charge in [-0.15, -0.1) is 0 Å². The summed E-state index contributed by atoms with van der Waals surface area (Å²) >= 11 is 0. The minimum Gasteiger partial charge on any atom is -0.353 e. The van der Waals surface area contributed by atoms with Crippen LogP contribution in [0, 0.1) is 11.7 Å². The Hall–Kier alpha value is -1.91. The van der Waals surface area contributed by atoms with E-state index in [1.165, 1.54) is 12.1 Å². The van der Waals surface area contributed by atoms with E-state index in [4.69, 9.17) is 0 Å². The number of piperidine rings is 1. The number of benzene rings is 1. The van der Waals surface area contributed by atoms with Crippen LogP contribution in [0.2, 0.25) is 0 Å². The molecule has 0 saturated carbocycles. The van der Waals surface area contributed by atoms with Crippen molar-refractivity contribution >= 4 is 11.8 Å². The van der Waals surface area contributed by atoms with E-state index in [1.807, 2.05) is 13.8 Å². The number of hydrogen-bond donors (Lipinski definition) is 1. The Morgan fingerprint density at radius 2 is 1.87 bits per heavy atom. The van der Waals surface area contributed by atoms with Crippen LogP contribution in [-0.4, -0.2) is 35.8 Å². The average Bonchev–Trinajstić information content (AvgIpc) is 2.56. The number of nitrogens with zero attached hydrogens (tertiary/aromatic N) is 1. The van der Waals surface area contributed by atoms with Gasteiger partial charge in [0.25, 0.3) is 0 Å². The molecule has 23 heavy (non-hydrogen) atoms. The second-order valence-electron chi connectivity index (χ2n) is 6.28. The molecule has 1 saturated heterocycles. The quantitative estimate of drug-likeness (QED) is 0.906. The summed E-state index contributed by atoms with van der Waals surface area (Å²) < 4.78 is 12.9. The first-order chi connectivity index (χ1) is 11.0. The zero-order valence-electron chi connectivity index (χ0n) is 13.8. The van der Waals surface area contributed by atoms with Crippen molar-refractivity contribution in [2.75, 3.05) is 13.1 Å². The van der Waals surface area contributed by atoms with Gasteiger partial charge in [-0.25, -0.2) is 4.39 Å². The lowest BCUT2D eigenvalue weighted by molar-refractivity contribution is -0.135. The van der Waals surface area contributed by atoms with Gasteiger partial charge in [-0.2, -0.15) is 0 Å². The number of amides is 2. The number of nitrogens with one attached hydrogen (secondary N) is 1. The Morgan fingerprint density at radius 1 is 1.26 bits per heavy atom. The van der Waals surface area contributed by atoms with E-state index in [9.17, 15) is 14.0 Å². The number of halogens is 1. The molecule has 1 aromatic carbocycles. The maximum absolute atomic E-state index is 12.9. The first kappa shape index (κ1) is 17.4. The van der Waals surface area contributed by atoms with E-state index in [2.05, 4.69) is 5.32 Å². The normalized spacial score (nSPS) is 16.9. The molecular formula is C18H25FN2O2. The molecule has 0 radical (unpaired) electrons. The van der Waals surface area contributed by atoms with Gasteiger partial charge in [-0.1, -0.05) is 19.1 Å². The van der Waals surface area contributed by atoms with Crippen molar-refractivity contribution in [3.8, 4) is 0 Å². The van der Waals surface area contributed by atoms with Crippen LogP contribution in [0.25, 0.3) is 0 Å². The molecule has 126 valence electrons. The highest BCUT2D eigenvalue weighted by atomic mass is 19.1. The first-order valence-corrected chi connectivity index (χ1v) is 8.32. The predicted octanol–water partition coefficient (Wildman–Crippen LogP) is 2.52. The van der Waals surface area contributed by atoms with Crippen LogP contribution < -0.4 is 5.32 Å². The Morgan fingerprint density at radius 3 is 2.43 bits per heavy atom. The van der Waals surface area contributed by atoms with Crippen molar-refractivity contribution in [2.45, 2.75) is 45.6 Å². The minimum absolute atomic E-state index is 0.00105. The van der Waals surface area contributed by atoms with Crippen molar-refractivity contribution in [1.82, 2.24) is 10.2 Å². The molecule has 0 bridgehead atoms. The van der Waals surface area contributed by atoms with Crippen LogP contribution in [0.3, 0.4) is 0 Å². The topological polar surface area (TPSA) is 49.4 Å². The molecule has 0 aliphatic carbocycles. The molecule has 0 spiro atoms. The monoisotopic (exact) mass is 320 g/mol. The molecule has 0 aromatic heterocycles. The van der Waals surface area contributed by atoms with Gasteiger partial charge in [0.15, 0.2) is 0 Å². The standard InChI is InChI=1S/C18H25FN2O2/c1-3-13(2)20-18(23)15-8-10-21(11-9-15)17(22)12-14-4-6-16(19)7-5-14/h4-7,13,15H,3,8-12H2,1-2H3,(H,20,23). The summed E-state index contributed by atoms with van der Waals surface area (Å²) in [6.45, 7) is 5.26. The van der Waals surface area contributed by atoms with Crippen molar-refractivity contribution in [3.63, 3.8) is 0 Å². The van der Waals surface area contributed by atoms with Gasteiger partial charge in [0.1, 0.15) is 5.82 Å². The Bertz CT molecular complexity index is 536. The average molecular weight is 320 g/mol. The van der Waals surface area contributed by atoms with E-state index in [-0.39, 0.29) is 36.0 Å². The van der Waals surface area contributed by atoms with Crippen molar-refractivity contribution < 1.29 is 14.0 Å². The zero-order chi connectivity index (χ0) is 16.8. The smallest absolute Gasteiger partial charge is 0.226 e. The summed E-state index contributed by atoms with van der Waals surface area (Å²) in [5.41, 5.74) is 0.813. The van der Waals surface area contributed by atoms with E-state index in [0.717, 1.165) is 12.0 Å². The molecule has 1 aromatic rings. The first-order valence-electron chi connectivity index (χ1n) is 8.32. The molecule has 2 rings (SSSR count). The Balaban J connectivity index is 1.80. The number of carbonyl (C=O) groups is 2. The maximum Gasteiger partial charge on any atom is 0.226 e. The van der Waals surface area contributed by atoms with Crippen LogP contribution in [0.5, 0.6) is 0 Å². The fraction of sp³-hybridized carbons (Fsp3) is 0.556. The van der Waals surface area contributed by atoms with Crippen LogP contribution in [0.1, 0.15) is 38.7 Å². The molecule has 5 heteroatoms. The second kappa shape index (κ2) is 8.09. The summed E-state index contributed by atoms with van der Waals surface area (Å²) in [5.74, 6) is -0.157. The molecule has 1 atom stereocenters. The lowest BCUT2D eigenvalue weighted by atomic mass is 9.95. The molecule has 4 nitrogen and oxygen atoms in total. The van der Waals surface area contributed by atoms with Crippen LogP contribution in [0.15, 0.2) is 24.3 Å². The van der Waals surface area contributed by atoms with Crippen molar-refractivity contribution in [3.05, 3.63) is 35.6 Å². The predicted molar refractivity (Wildman–Crippen MR) is 87.3 cm³/mol. The van der Waals surface area contributed by atoms with E-state index >= 15 is 0 Å². The Labute approximate surface area is 137 Å². The summed E-state index contributed by atoms with van der Waals surface area (Å²) in [6, 6.07) is 6.21. The lowest BCUT2D eigenvalue weighted by Crippen LogP contribution is -2.45. The van der Waals surface area contributed by atoms with Crippen LogP contribution in [0.4, 0.5) is 4.39 Å². The number of hydrogen-bond acceptors (Lipinski definition) is 2. The highest BCUT2D eigenvalue weighted by Crippen LogP contribution is 2.19. The van der Waals surface area contributed by atoms with Crippen LogP contribution in [-0.2, 0) is 16.0 Å². The van der Waals surface area contributed by atoms with E-state index in [0.29, 0.717) is 25.9 Å². The molecule has 1 unspecified atom stereocenters. The highest BCUT2D eigenvalue weighted by Gasteiger charge is 2.27. The summed E-state index contributed by atoms with van der Waals surface area (Å²) in [6.07, 6.45) is 2.61. The van der Waals surface area contributed by atoms with Gasteiger partial charge in [0.05, 0.1) is 6.42 Å². The van der Waals surface area contributed by atoms with Crippen molar-refractivity contribution in [1.29, 1.82) is 0 Å². The molecule has 1 aliphatic rings. The third-order valence-corrected chi connectivity index (χ3v) is 4.49. The Kier molecular flexibility index (Phi) is 6.13. The fourth-order valence-electron chi connectivity index (χ4n) is 2.74. The largest absolute Gasteiger partial charge is 0.353 e. The van der Waals surface area contributed by atoms with Gasteiger partial charge in [0.2, 0.25) is 11.8 Å². The molecule has 2 amide bonds. The summed E-state index contributed by atoms with van der Waals surface area (Å²) in [7, 11) is 0. The fourth-order valence-corrected chi connectivity index (χ4v) is 2.74.